The van der Waals surface area contributed by atoms with E-state index in [1.54, 1.807) is 0 Å². The van der Waals surface area contributed by atoms with Crippen LogP contribution >= 0.6 is 15.9 Å². The molecule has 1 fully saturated rings. The summed E-state index contributed by atoms with van der Waals surface area (Å²) in [5.41, 5.74) is 0.979. The average molecular weight is 256 g/mol. The number of hydrogen-bond acceptors (Lipinski definition) is 2. The van der Waals surface area contributed by atoms with Crippen molar-refractivity contribution >= 4 is 15.9 Å². The van der Waals surface area contributed by atoms with Gasteiger partial charge in [0.05, 0.1) is 6.10 Å². The van der Waals surface area contributed by atoms with Gasteiger partial charge in [-0.3, -0.25) is 0 Å². The van der Waals surface area contributed by atoms with Crippen LogP contribution in [0.2, 0.25) is 0 Å². The lowest BCUT2D eigenvalue weighted by atomic mass is 10.0. The van der Waals surface area contributed by atoms with Crippen molar-refractivity contribution in [3.8, 4) is 0 Å². The molecule has 1 aromatic carbocycles. The number of halogens is 1. The zero-order chi connectivity index (χ0) is 9.97. The van der Waals surface area contributed by atoms with Gasteiger partial charge in [-0.25, -0.2) is 0 Å². The molecule has 0 radical (unpaired) electrons. The summed E-state index contributed by atoms with van der Waals surface area (Å²) in [5.74, 6) is 0. The fourth-order valence-electron chi connectivity index (χ4n) is 1.91. The molecular weight excluding hydrogens is 242 g/mol. The van der Waals surface area contributed by atoms with Crippen molar-refractivity contribution in [1.82, 2.24) is 5.32 Å². The molecule has 0 amide bonds. The number of benzene rings is 1. The van der Waals surface area contributed by atoms with Gasteiger partial charge in [0.1, 0.15) is 0 Å². The molecule has 1 aromatic rings. The molecule has 76 valence electrons. The van der Waals surface area contributed by atoms with E-state index >= 15 is 0 Å². The minimum Gasteiger partial charge on any atom is -0.387 e. The van der Waals surface area contributed by atoms with E-state index in [1.807, 2.05) is 24.3 Å². The molecule has 2 unspecified atom stereocenters. The first-order valence-corrected chi connectivity index (χ1v) is 5.74. The van der Waals surface area contributed by atoms with E-state index in [9.17, 15) is 5.11 Å². The summed E-state index contributed by atoms with van der Waals surface area (Å²) in [4.78, 5) is 0. The van der Waals surface area contributed by atoms with E-state index in [0.29, 0.717) is 0 Å². The first-order chi connectivity index (χ1) is 6.79. The van der Waals surface area contributed by atoms with E-state index in [1.165, 1.54) is 0 Å². The molecule has 3 heteroatoms. The number of hydrogen-bond donors (Lipinski definition) is 2. The van der Waals surface area contributed by atoms with E-state index in [4.69, 9.17) is 0 Å². The maximum absolute atomic E-state index is 10.1. The van der Waals surface area contributed by atoms with Crippen LogP contribution < -0.4 is 5.32 Å². The third kappa shape index (κ3) is 2.00. The molecule has 1 heterocycles. The van der Waals surface area contributed by atoms with Crippen LogP contribution in [0.1, 0.15) is 24.5 Å². The van der Waals surface area contributed by atoms with Crippen LogP contribution in [0.15, 0.2) is 28.7 Å². The Balaban J connectivity index is 2.17. The van der Waals surface area contributed by atoms with Gasteiger partial charge >= 0.3 is 0 Å². The van der Waals surface area contributed by atoms with E-state index < -0.39 is 6.10 Å². The Labute approximate surface area is 92.5 Å². The Morgan fingerprint density at radius 1 is 1.43 bits per heavy atom. The van der Waals surface area contributed by atoms with Gasteiger partial charge in [-0.1, -0.05) is 34.1 Å². The van der Waals surface area contributed by atoms with Crippen LogP contribution in [0.4, 0.5) is 0 Å². The molecule has 14 heavy (non-hydrogen) atoms. The van der Waals surface area contributed by atoms with Crippen molar-refractivity contribution in [2.24, 2.45) is 0 Å². The Morgan fingerprint density at radius 3 is 2.86 bits per heavy atom. The number of aliphatic hydroxyl groups excluding tert-OH is 1. The van der Waals surface area contributed by atoms with Gasteiger partial charge in [0.15, 0.2) is 0 Å². The quantitative estimate of drug-likeness (QED) is 0.850. The summed E-state index contributed by atoms with van der Waals surface area (Å²) >= 11 is 3.46. The van der Waals surface area contributed by atoms with Crippen molar-refractivity contribution in [3.63, 3.8) is 0 Å². The van der Waals surface area contributed by atoms with Crippen molar-refractivity contribution < 1.29 is 5.11 Å². The van der Waals surface area contributed by atoms with Gasteiger partial charge in [0, 0.05) is 10.5 Å². The van der Waals surface area contributed by atoms with E-state index in [0.717, 1.165) is 29.4 Å². The normalized spacial score (nSPS) is 23.7. The van der Waals surface area contributed by atoms with Crippen molar-refractivity contribution in [2.75, 3.05) is 6.54 Å². The zero-order valence-corrected chi connectivity index (χ0v) is 9.50. The van der Waals surface area contributed by atoms with Crippen LogP contribution in [0.3, 0.4) is 0 Å². The zero-order valence-electron chi connectivity index (χ0n) is 7.91. The Morgan fingerprint density at radius 2 is 2.21 bits per heavy atom. The second-order valence-electron chi connectivity index (χ2n) is 3.67. The number of aliphatic hydroxyl groups is 1. The number of rotatable bonds is 2. The highest BCUT2D eigenvalue weighted by molar-refractivity contribution is 9.10. The third-order valence-electron chi connectivity index (χ3n) is 2.70. The molecule has 1 aliphatic heterocycles. The summed E-state index contributed by atoms with van der Waals surface area (Å²) in [6, 6.07) is 8.07. The predicted octanol–water partition coefficient (Wildman–Crippen LogP) is 2.23. The van der Waals surface area contributed by atoms with Crippen LogP contribution in [-0.2, 0) is 0 Å². The van der Waals surface area contributed by atoms with Crippen molar-refractivity contribution in [2.45, 2.75) is 25.0 Å². The largest absolute Gasteiger partial charge is 0.387 e. The molecule has 0 spiro atoms. The van der Waals surface area contributed by atoms with Gasteiger partial charge in [0.2, 0.25) is 0 Å². The smallest absolute Gasteiger partial charge is 0.0953 e. The fourth-order valence-corrected chi connectivity index (χ4v) is 2.43. The summed E-state index contributed by atoms with van der Waals surface area (Å²) in [5, 5.41) is 13.4. The van der Waals surface area contributed by atoms with Gasteiger partial charge in [-0.2, -0.15) is 0 Å². The second kappa shape index (κ2) is 4.43. The summed E-state index contributed by atoms with van der Waals surface area (Å²) in [7, 11) is 0. The van der Waals surface area contributed by atoms with Gasteiger partial charge < -0.3 is 10.4 Å². The summed E-state index contributed by atoms with van der Waals surface area (Å²) < 4.78 is 0.987. The Hall–Kier alpha value is -0.380. The Bertz CT molecular complexity index is 310. The standard InChI is InChI=1S/C11H14BrNO/c12-9-5-2-1-4-8(9)11(14)10-6-3-7-13-10/h1-2,4-5,10-11,13-14H,3,6-7H2. The molecule has 2 N–H and O–H groups in total. The van der Waals surface area contributed by atoms with Crippen LogP contribution in [0.5, 0.6) is 0 Å². The monoisotopic (exact) mass is 255 g/mol. The molecule has 2 atom stereocenters. The minimum atomic E-state index is -0.395. The lowest BCUT2D eigenvalue weighted by molar-refractivity contribution is 0.137. The fraction of sp³-hybridized carbons (Fsp3) is 0.455. The molecule has 0 bridgehead atoms. The maximum atomic E-state index is 10.1. The third-order valence-corrected chi connectivity index (χ3v) is 3.43. The van der Waals surface area contributed by atoms with Crippen molar-refractivity contribution in [3.05, 3.63) is 34.3 Å². The van der Waals surface area contributed by atoms with Crippen LogP contribution in [0, 0.1) is 0 Å². The molecule has 1 aliphatic rings. The molecular formula is C11H14BrNO. The first-order valence-electron chi connectivity index (χ1n) is 4.95. The van der Waals surface area contributed by atoms with Crippen LogP contribution in [-0.4, -0.2) is 17.7 Å². The lowest BCUT2D eigenvalue weighted by Gasteiger charge is -2.19. The average Bonchev–Trinajstić information content (AvgIpc) is 2.70. The highest BCUT2D eigenvalue weighted by Gasteiger charge is 2.24. The number of nitrogens with one attached hydrogen (secondary N) is 1. The minimum absolute atomic E-state index is 0.216. The molecule has 2 nitrogen and oxygen atoms in total. The van der Waals surface area contributed by atoms with E-state index in [2.05, 4.69) is 21.2 Å². The first kappa shape index (κ1) is 10.1. The van der Waals surface area contributed by atoms with Crippen molar-refractivity contribution in [1.29, 1.82) is 0 Å². The lowest BCUT2D eigenvalue weighted by Crippen LogP contribution is -2.28. The molecule has 0 saturated carbocycles. The highest BCUT2D eigenvalue weighted by atomic mass is 79.9. The van der Waals surface area contributed by atoms with Gasteiger partial charge in [0.25, 0.3) is 0 Å². The van der Waals surface area contributed by atoms with Gasteiger partial charge in [-0.15, -0.1) is 0 Å². The summed E-state index contributed by atoms with van der Waals surface area (Å²) in [6.45, 7) is 1.02. The maximum Gasteiger partial charge on any atom is 0.0953 e. The molecule has 2 rings (SSSR count). The SMILES string of the molecule is OC(c1ccccc1Br)C1CCCN1. The Kier molecular flexibility index (Phi) is 3.21. The summed E-state index contributed by atoms with van der Waals surface area (Å²) in [6.07, 6.45) is 1.82. The predicted molar refractivity (Wildman–Crippen MR) is 60.1 cm³/mol. The second-order valence-corrected chi connectivity index (χ2v) is 4.52. The van der Waals surface area contributed by atoms with E-state index in [-0.39, 0.29) is 6.04 Å². The molecule has 0 aliphatic carbocycles. The highest BCUT2D eigenvalue weighted by Crippen LogP contribution is 2.28. The van der Waals surface area contributed by atoms with Crippen LogP contribution in [0.25, 0.3) is 0 Å². The van der Waals surface area contributed by atoms with Gasteiger partial charge in [-0.05, 0) is 31.0 Å². The topological polar surface area (TPSA) is 32.3 Å². The molecule has 1 saturated heterocycles. The molecule has 0 aromatic heterocycles.